The Kier molecular flexibility index (Phi) is 2.02. The Morgan fingerprint density at radius 2 is 2.38 bits per heavy atom. The molecule has 0 saturated carbocycles. The van der Waals surface area contributed by atoms with Crippen molar-refractivity contribution in [3.05, 3.63) is 35.6 Å². The molecule has 68 valence electrons. The molecule has 2 atom stereocenters. The topological polar surface area (TPSA) is 46.5 Å². The first-order chi connectivity index (χ1) is 6.33. The number of ether oxygens (including phenoxy) is 1. The molecule has 1 aliphatic heterocycles. The number of aliphatic hydroxyl groups is 1. The van der Waals surface area contributed by atoms with Crippen molar-refractivity contribution in [3.63, 3.8) is 0 Å². The fourth-order valence-corrected chi connectivity index (χ4v) is 1.56. The van der Waals surface area contributed by atoms with Crippen molar-refractivity contribution >= 4 is 6.29 Å². The Balaban J connectivity index is 2.20. The number of carbonyl (C=O) groups excluding carboxylic acids is 1. The summed E-state index contributed by atoms with van der Waals surface area (Å²) < 4.78 is 5.37. The maximum absolute atomic E-state index is 10.5. The van der Waals surface area contributed by atoms with Crippen LogP contribution in [0.5, 0.6) is 0 Å². The van der Waals surface area contributed by atoms with Gasteiger partial charge in [-0.25, -0.2) is 0 Å². The van der Waals surface area contributed by atoms with Crippen LogP contribution < -0.4 is 0 Å². The highest BCUT2D eigenvalue weighted by molar-refractivity contribution is 5.78. The highest BCUT2D eigenvalue weighted by Crippen LogP contribution is 2.29. The minimum absolute atomic E-state index is 0.0363. The van der Waals surface area contributed by atoms with Gasteiger partial charge >= 0.3 is 0 Å². The van der Waals surface area contributed by atoms with E-state index in [2.05, 4.69) is 0 Å². The summed E-state index contributed by atoms with van der Waals surface area (Å²) >= 11 is 0. The second kappa shape index (κ2) is 3.18. The summed E-state index contributed by atoms with van der Waals surface area (Å²) in [5.74, 6) is 0.690. The van der Waals surface area contributed by atoms with Gasteiger partial charge in [0, 0.05) is 11.5 Å². The molecule has 0 fully saturated rings. The molecule has 1 heterocycles. The maximum Gasteiger partial charge on any atom is 0.149 e. The summed E-state index contributed by atoms with van der Waals surface area (Å²) in [6.45, 7) is -0.0783. The van der Waals surface area contributed by atoms with Gasteiger partial charge in [-0.05, 0) is 12.2 Å². The van der Waals surface area contributed by atoms with Crippen LogP contribution in [0.1, 0.15) is 0 Å². The standard InChI is InChI=1S/C10H10O3/c11-5-7-1-2-10-8(3-7)4-9(6-12)13-10/h1-5,8,10,12H,6H2. The van der Waals surface area contributed by atoms with Gasteiger partial charge in [-0.1, -0.05) is 12.2 Å². The summed E-state index contributed by atoms with van der Waals surface area (Å²) in [6.07, 6.45) is 8.05. The van der Waals surface area contributed by atoms with E-state index in [9.17, 15) is 4.79 Å². The van der Waals surface area contributed by atoms with Gasteiger partial charge in [0.05, 0.1) is 0 Å². The molecular weight excluding hydrogens is 168 g/mol. The zero-order valence-corrected chi connectivity index (χ0v) is 7.01. The molecule has 2 aliphatic rings. The number of allylic oxidation sites excluding steroid dienone is 2. The minimum atomic E-state index is -0.0783. The molecule has 0 bridgehead atoms. The van der Waals surface area contributed by atoms with Gasteiger partial charge in [-0.3, -0.25) is 4.79 Å². The molecule has 0 saturated heterocycles. The highest BCUT2D eigenvalue weighted by Gasteiger charge is 2.27. The summed E-state index contributed by atoms with van der Waals surface area (Å²) in [5, 5.41) is 8.83. The predicted molar refractivity (Wildman–Crippen MR) is 46.8 cm³/mol. The van der Waals surface area contributed by atoms with Crippen molar-refractivity contribution in [2.24, 2.45) is 5.92 Å². The van der Waals surface area contributed by atoms with Gasteiger partial charge in [-0.15, -0.1) is 0 Å². The number of fused-ring (bicyclic) bond motifs is 1. The molecule has 0 aromatic heterocycles. The zero-order chi connectivity index (χ0) is 9.26. The van der Waals surface area contributed by atoms with Crippen LogP contribution in [0, 0.1) is 5.92 Å². The second-order valence-corrected chi connectivity index (χ2v) is 3.09. The molecule has 0 spiro atoms. The van der Waals surface area contributed by atoms with Crippen LogP contribution in [-0.4, -0.2) is 24.1 Å². The van der Waals surface area contributed by atoms with Crippen molar-refractivity contribution in [1.82, 2.24) is 0 Å². The number of hydrogen-bond donors (Lipinski definition) is 1. The van der Waals surface area contributed by atoms with Gasteiger partial charge in [0.25, 0.3) is 0 Å². The van der Waals surface area contributed by atoms with Crippen LogP contribution in [0.15, 0.2) is 35.6 Å². The van der Waals surface area contributed by atoms with Crippen LogP contribution in [0.4, 0.5) is 0 Å². The Morgan fingerprint density at radius 1 is 1.54 bits per heavy atom. The maximum atomic E-state index is 10.5. The Labute approximate surface area is 76.0 Å². The van der Waals surface area contributed by atoms with Crippen LogP contribution in [-0.2, 0) is 9.53 Å². The van der Waals surface area contributed by atoms with Crippen molar-refractivity contribution in [2.45, 2.75) is 6.10 Å². The number of aliphatic hydroxyl groups excluding tert-OH is 1. The third kappa shape index (κ3) is 1.42. The first-order valence-electron chi connectivity index (χ1n) is 4.17. The van der Waals surface area contributed by atoms with E-state index in [-0.39, 0.29) is 18.6 Å². The van der Waals surface area contributed by atoms with E-state index in [4.69, 9.17) is 9.84 Å². The molecule has 0 aromatic carbocycles. The van der Waals surface area contributed by atoms with Crippen molar-refractivity contribution in [2.75, 3.05) is 6.61 Å². The van der Waals surface area contributed by atoms with Crippen molar-refractivity contribution in [3.8, 4) is 0 Å². The molecule has 2 unspecified atom stereocenters. The molecular formula is C10H10O3. The Hall–Kier alpha value is -1.35. The zero-order valence-electron chi connectivity index (χ0n) is 7.01. The second-order valence-electron chi connectivity index (χ2n) is 3.09. The number of hydrogen-bond acceptors (Lipinski definition) is 3. The average molecular weight is 178 g/mol. The van der Waals surface area contributed by atoms with Gasteiger partial charge in [0.2, 0.25) is 0 Å². The molecule has 1 aliphatic carbocycles. The number of carbonyl (C=O) groups is 1. The SMILES string of the molecule is O=CC1=CC2C=C(CO)OC2C=C1. The summed E-state index contributed by atoms with van der Waals surface area (Å²) in [4.78, 5) is 10.5. The molecule has 13 heavy (non-hydrogen) atoms. The normalized spacial score (nSPS) is 30.2. The van der Waals surface area contributed by atoms with E-state index in [1.807, 2.05) is 18.2 Å². The van der Waals surface area contributed by atoms with Crippen molar-refractivity contribution < 1.29 is 14.6 Å². The Bertz CT molecular complexity index is 312. The fraction of sp³-hybridized carbons (Fsp3) is 0.300. The predicted octanol–water partition coefficient (Wildman–Crippen LogP) is 0.573. The summed E-state index contributed by atoms with van der Waals surface area (Å²) in [5.41, 5.74) is 0.667. The molecule has 0 radical (unpaired) electrons. The van der Waals surface area contributed by atoms with Gasteiger partial charge in [-0.2, -0.15) is 0 Å². The Morgan fingerprint density at radius 3 is 3.08 bits per heavy atom. The first kappa shape index (κ1) is 8.26. The number of aldehydes is 1. The van der Waals surface area contributed by atoms with Crippen LogP contribution in [0.2, 0.25) is 0 Å². The lowest BCUT2D eigenvalue weighted by molar-refractivity contribution is -0.104. The van der Waals surface area contributed by atoms with E-state index < -0.39 is 0 Å². The lowest BCUT2D eigenvalue weighted by atomic mass is 9.95. The smallest absolute Gasteiger partial charge is 0.149 e. The largest absolute Gasteiger partial charge is 0.488 e. The monoisotopic (exact) mass is 178 g/mol. The molecule has 0 aromatic rings. The molecule has 1 N–H and O–H groups in total. The van der Waals surface area contributed by atoms with Gasteiger partial charge < -0.3 is 9.84 Å². The minimum Gasteiger partial charge on any atom is -0.488 e. The average Bonchev–Trinajstić information content (AvgIpc) is 2.58. The van der Waals surface area contributed by atoms with E-state index >= 15 is 0 Å². The quantitative estimate of drug-likeness (QED) is 0.629. The number of rotatable bonds is 2. The first-order valence-corrected chi connectivity index (χ1v) is 4.17. The van der Waals surface area contributed by atoms with E-state index in [0.717, 1.165) is 6.29 Å². The molecule has 2 rings (SSSR count). The lowest BCUT2D eigenvalue weighted by Crippen LogP contribution is -2.15. The van der Waals surface area contributed by atoms with Crippen LogP contribution >= 0.6 is 0 Å². The van der Waals surface area contributed by atoms with E-state index in [0.29, 0.717) is 11.3 Å². The third-order valence-corrected chi connectivity index (χ3v) is 2.20. The van der Waals surface area contributed by atoms with E-state index in [1.165, 1.54) is 0 Å². The summed E-state index contributed by atoms with van der Waals surface area (Å²) in [6, 6.07) is 0. The van der Waals surface area contributed by atoms with E-state index in [1.54, 1.807) is 6.08 Å². The lowest BCUT2D eigenvalue weighted by Gasteiger charge is -2.16. The fourth-order valence-electron chi connectivity index (χ4n) is 1.56. The molecule has 3 nitrogen and oxygen atoms in total. The summed E-state index contributed by atoms with van der Waals surface area (Å²) in [7, 11) is 0. The highest BCUT2D eigenvalue weighted by atomic mass is 16.5. The third-order valence-electron chi connectivity index (χ3n) is 2.20. The van der Waals surface area contributed by atoms with Crippen molar-refractivity contribution in [1.29, 1.82) is 0 Å². The van der Waals surface area contributed by atoms with Gasteiger partial charge in [0.1, 0.15) is 24.8 Å². The molecule has 3 heteroatoms. The molecule has 0 amide bonds. The van der Waals surface area contributed by atoms with Crippen LogP contribution in [0.25, 0.3) is 0 Å². The van der Waals surface area contributed by atoms with Crippen LogP contribution in [0.3, 0.4) is 0 Å². The van der Waals surface area contributed by atoms with Gasteiger partial charge in [0.15, 0.2) is 0 Å².